The lowest BCUT2D eigenvalue weighted by molar-refractivity contribution is -0.317. The van der Waals surface area contributed by atoms with Crippen molar-refractivity contribution in [2.24, 2.45) is 17.8 Å². The van der Waals surface area contributed by atoms with Crippen LogP contribution in [0.4, 0.5) is 0 Å². The van der Waals surface area contributed by atoms with E-state index in [1.54, 1.807) is 0 Å². The number of hydrogen-bond donors (Lipinski definition) is 1. The molecule has 68 valence electrons. The van der Waals surface area contributed by atoms with Gasteiger partial charge in [0.25, 0.3) is 0 Å². The Hall–Kier alpha value is -0.570. The number of aliphatic carboxylic acids is 1. The number of carboxylic acid groups (broad SMARTS) is 1. The summed E-state index contributed by atoms with van der Waals surface area (Å²) in [5, 5.41) is 20.2. The fourth-order valence-corrected chi connectivity index (χ4v) is 2.74. The molecule has 0 saturated heterocycles. The average Bonchev–Trinajstić information content (AvgIpc) is 2.04. The predicted octanol–water partition coefficient (Wildman–Crippen LogP) is -0.467. The van der Waals surface area contributed by atoms with Gasteiger partial charge in [0.15, 0.2) is 0 Å². The van der Waals surface area contributed by atoms with E-state index in [0.29, 0.717) is 5.92 Å². The lowest BCUT2D eigenvalue weighted by atomic mass is 9.63. The van der Waals surface area contributed by atoms with Crippen LogP contribution >= 0.6 is 0 Å². The van der Waals surface area contributed by atoms with Crippen LogP contribution < -0.4 is 5.11 Å². The predicted molar refractivity (Wildman–Crippen MR) is 40.0 cm³/mol. The molecule has 0 spiro atoms. The molecule has 1 N–H and O–H groups in total. The third-order valence-corrected chi connectivity index (χ3v) is 3.38. The highest BCUT2D eigenvalue weighted by Crippen LogP contribution is 2.44. The molecule has 12 heavy (non-hydrogen) atoms. The standard InChI is InChI=1S/C9H14O3/c10-8-4-5-1-2-6(8)7(3-5)9(11)12/h5-8,10H,1-4H2,(H,11,12)/p-1/t5-,6-,7-,8-/m0/s1. The maximum Gasteiger partial charge on any atom is 0.0577 e. The Bertz CT molecular complexity index is 202. The molecule has 0 aliphatic heterocycles. The molecule has 3 heteroatoms. The van der Waals surface area contributed by atoms with Gasteiger partial charge in [0, 0.05) is 11.9 Å². The van der Waals surface area contributed by atoms with Gasteiger partial charge in [-0.25, -0.2) is 0 Å². The van der Waals surface area contributed by atoms with Gasteiger partial charge in [-0.3, -0.25) is 0 Å². The van der Waals surface area contributed by atoms with Crippen LogP contribution in [0.5, 0.6) is 0 Å². The van der Waals surface area contributed by atoms with Crippen molar-refractivity contribution in [3.8, 4) is 0 Å². The second kappa shape index (κ2) is 2.73. The number of fused-ring (bicyclic) bond motifs is 3. The summed E-state index contributed by atoms with van der Waals surface area (Å²) in [4.78, 5) is 10.7. The third-order valence-electron chi connectivity index (χ3n) is 3.38. The molecule has 0 heterocycles. The molecule has 0 radical (unpaired) electrons. The summed E-state index contributed by atoms with van der Waals surface area (Å²) in [5.41, 5.74) is 0. The maximum absolute atomic E-state index is 10.7. The molecule has 3 fully saturated rings. The van der Waals surface area contributed by atoms with Gasteiger partial charge in [0.05, 0.1) is 6.10 Å². The first-order valence-electron chi connectivity index (χ1n) is 4.57. The van der Waals surface area contributed by atoms with Crippen molar-refractivity contribution in [2.45, 2.75) is 31.8 Å². The van der Waals surface area contributed by atoms with Crippen LogP contribution in [-0.2, 0) is 4.79 Å². The first kappa shape index (κ1) is 8.05. The van der Waals surface area contributed by atoms with Crippen molar-refractivity contribution >= 4 is 5.97 Å². The molecule has 0 aromatic heterocycles. The first-order valence-corrected chi connectivity index (χ1v) is 4.57. The van der Waals surface area contributed by atoms with E-state index >= 15 is 0 Å². The summed E-state index contributed by atoms with van der Waals surface area (Å²) in [6.07, 6.45) is 3.09. The first-order chi connectivity index (χ1) is 5.68. The maximum atomic E-state index is 10.7. The van der Waals surface area contributed by atoms with Gasteiger partial charge in [-0.2, -0.15) is 0 Å². The van der Waals surface area contributed by atoms with Gasteiger partial charge >= 0.3 is 0 Å². The van der Waals surface area contributed by atoms with Crippen molar-refractivity contribution < 1.29 is 15.0 Å². The van der Waals surface area contributed by atoms with E-state index in [0.717, 1.165) is 25.7 Å². The zero-order valence-electron chi connectivity index (χ0n) is 6.90. The van der Waals surface area contributed by atoms with Gasteiger partial charge in [-0.15, -0.1) is 0 Å². The van der Waals surface area contributed by atoms with Crippen LogP contribution in [0.1, 0.15) is 25.7 Å². The van der Waals surface area contributed by atoms with Gasteiger partial charge in [0.1, 0.15) is 0 Å². The van der Waals surface area contributed by atoms with Crippen molar-refractivity contribution in [2.75, 3.05) is 0 Å². The van der Waals surface area contributed by atoms with E-state index in [4.69, 9.17) is 0 Å². The molecule has 0 aromatic rings. The highest BCUT2D eigenvalue weighted by molar-refractivity contribution is 5.68. The lowest BCUT2D eigenvalue weighted by Gasteiger charge is -2.45. The average molecular weight is 169 g/mol. The van der Waals surface area contributed by atoms with Crippen LogP contribution in [0.3, 0.4) is 0 Å². The van der Waals surface area contributed by atoms with Crippen molar-refractivity contribution in [3.63, 3.8) is 0 Å². The Balaban J connectivity index is 2.14. The van der Waals surface area contributed by atoms with Crippen molar-refractivity contribution in [3.05, 3.63) is 0 Å². The van der Waals surface area contributed by atoms with Crippen LogP contribution in [0, 0.1) is 17.8 Å². The van der Waals surface area contributed by atoms with E-state index in [1.165, 1.54) is 0 Å². The quantitative estimate of drug-likeness (QED) is 0.577. The molecule has 4 atom stereocenters. The number of carbonyl (C=O) groups excluding carboxylic acids is 1. The van der Waals surface area contributed by atoms with E-state index < -0.39 is 5.97 Å². The van der Waals surface area contributed by atoms with Gasteiger partial charge in [0.2, 0.25) is 0 Å². The largest absolute Gasteiger partial charge is 0.550 e. The Morgan fingerprint density at radius 1 is 1.33 bits per heavy atom. The van der Waals surface area contributed by atoms with Crippen LogP contribution in [0.25, 0.3) is 0 Å². The van der Waals surface area contributed by atoms with E-state index in [9.17, 15) is 15.0 Å². The number of carboxylic acids is 1. The number of aliphatic hydroxyl groups is 1. The minimum Gasteiger partial charge on any atom is -0.550 e. The molecule has 3 saturated carbocycles. The molecule has 3 nitrogen and oxygen atoms in total. The summed E-state index contributed by atoms with van der Waals surface area (Å²) < 4.78 is 0. The molecule has 3 aliphatic carbocycles. The topological polar surface area (TPSA) is 60.4 Å². The molecule has 3 rings (SSSR count). The summed E-state index contributed by atoms with van der Waals surface area (Å²) in [7, 11) is 0. The van der Waals surface area contributed by atoms with E-state index in [-0.39, 0.29) is 17.9 Å². The van der Waals surface area contributed by atoms with Gasteiger partial charge < -0.3 is 15.0 Å². The van der Waals surface area contributed by atoms with Crippen molar-refractivity contribution in [1.29, 1.82) is 0 Å². The molecular weight excluding hydrogens is 156 g/mol. The minimum atomic E-state index is -0.969. The fraction of sp³-hybridized carbons (Fsp3) is 0.889. The summed E-state index contributed by atoms with van der Waals surface area (Å²) in [5.74, 6) is -0.955. The second-order valence-electron chi connectivity index (χ2n) is 4.07. The number of aliphatic hydroxyl groups excluding tert-OH is 1. The lowest BCUT2D eigenvalue weighted by Crippen LogP contribution is -2.48. The number of hydrogen-bond acceptors (Lipinski definition) is 3. The third kappa shape index (κ3) is 1.12. The van der Waals surface area contributed by atoms with Gasteiger partial charge in [-0.05, 0) is 37.5 Å². The number of carbonyl (C=O) groups is 1. The molecule has 0 unspecified atom stereocenters. The zero-order chi connectivity index (χ0) is 8.72. The normalized spacial score (nSPS) is 46.1. The van der Waals surface area contributed by atoms with E-state index in [1.807, 2.05) is 0 Å². The van der Waals surface area contributed by atoms with Gasteiger partial charge in [-0.1, -0.05) is 0 Å². The fourth-order valence-electron chi connectivity index (χ4n) is 2.74. The molecular formula is C9H13O3-. The van der Waals surface area contributed by atoms with Crippen LogP contribution in [-0.4, -0.2) is 17.2 Å². The Kier molecular flexibility index (Phi) is 1.83. The molecule has 0 amide bonds. The molecule has 0 aromatic carbocycles. The summed E-state index contributed by atoms with van der Waals surface area (Å²) >= 11 is 0. The Morgan fingerprint density at radius 3 is 2.50 bits per heavy atom. The zero-order valence-corrected chi connectivity index (χ0v) is 6.90. The van der Waals surface area contributed by atoms with Crippen molar-refractivity contribution in [1.82, 2.24) is 0 Å². The Morgan fingerprint density at radius 2 is 2.08 bits per heavy atom. The highest BCUT2D eigenvalue weighted by atomic mass is 16.4. The smallest absolute Gasteiger partial charge is 0.0577 e. The van der Waals surface area contributed by atoms with E-state index in [2.05, 4.69) is 0 Å². The minimum absolute atomic E-state index is 0.0278. The summed E-state index contributed by atoms with van der Waals surface area (Å²) in [6, 6.07) is 0. The molecule has 3 aliphatic rings. The molecule has 2 bridgehead atoms. The van der Waals surface area contributed by atoms with Crippen LogP contribution in [0.15, 0.2) is 0 Å². The second-order valence-corrected chi connectivity index (χ2v) is 4.07. The number of rotatable bonds is 1. The Labute approximate surface area is 71.4 Å². The van der Waals surface area contributed by atoms with Crippen LogP contribution in [0.2, 0.25) is 0 Å². The monoisotopic (exact) mass is 169 g/mol. The summed E-state index contributed by atoms with van der Waals surface area (Å²) in [6.45, 7) is 0. The SMILES string of the molecule is O=C([O-])[C@H]1C[C@@H]2CC[C@@H]1[C@@H](O)C2. The highest BCUT2D eigenvalue weighted by Gasteiger charge is 2.41.